The van der Waals surface area contributed by atoms with Gasteiger partial charge in [0.05, 0.1) is 10.0 Å². The molecular formula is C23H27Cl2N7O3. The summed E-state index contributed by atoms with van der Waals surface area (Å²) in [6, 6.07) is 7.81. The normalized spacial score (nSPS) is 15.2. The zero-order valence-corrected chi connectivity index (χ0v) is 20.6. The maximum absolute atomic E-state index is 13.5. The number of carbonyl (C=O) groups excluding carboxylic acids is 1. The van der Waals surface area contributed by atoms with Crippen LogP contribution in [0.3, 0.4) is 0 Å². The van der Waals surface area contributed by atoms with Crippen LogP contribution >= 0.6 is 23.2 Å². The number of halogens is 2. The standard InChI is InChI=1S/C23H27Cl2N7O3/c24-18-10-4-11-19(25)20(18)31-23(35)32(29-28-31)22(34)30(17-8-2-1-3-9-17)14-6-13-27-21(33)16-7-5-12-26-15-16/h4-5,7,10-12,15,17,21,27,33H,1-3,6,8-9,13-14H2. The number of pyridine rings is 1. The Morgan fingerprint density at radius 3 is 2.57 bits per heavy atom. The summed E-state index contributed by atoms with van der Waals surface area (Å²) in [5, 5.41) is 21.5. The summed E-state index contributed by atoms with van der Waals surface area (Å²) in [6.45, 7) is 0.853. The van der Waals surface area contributed by atoms with E-state index in [-0.39, 0.29) is 21.8 Å². The smallest absolute Gasteiger partial charge is 0.374 e. The van der Waals surface area contributed by atoms with Crippen molar-refractivity contribution in [1.82, 2.24) is 35.0 Å². The third-order valence-electron chi connectivity index (χ3n) is 6.09. The molecule has 1 aliphatic carbocycles. The molecule has 1 aromatic carbocycles. The van der Waals surface area contributed by atoms with Gasteiger partial charge in [0.15, 0.2) is 0 Å². The number of aromatic nitrogens is 5. The molecule has 3 aromatic rings. The van der Waals surface area contributed by atoms with E-state index in [1.165, 1.54) is 0 Å². The zero-order chi connectivity index (χ0) is 24.8. The topological polar surface area (TPSA) is 118 Å². The van der Waals surface area contributed by atoms with E-state index in [1.807, 2.05) is 0 Å². The third kappa shape index (κ3) is 5.90. The largest absolute Gasteiger partial charge is 0.377 e. The molecule has 1 unspecified atom stereocenters. The first kappa shape index (κ1) is 25.3. The lowest BCUT2D eigenvalue weighted by Gasteiger charge is -2.33. The molecule has 2 N–H and O–H groups in total. The lowest BCUT2D eigenvalue weighted by Crippen LogP contribution is -2.48. The number of nitrogens with one attached hydrogen (secondary N) is 1. The van der Waals surface area contributed by atoms with Crippen molar-refractivity contribution in [1.29, 1.82) is 0 Å². The molecule has 12 heteroatoms. The Labute approximate surface area is 212 Å². The van der Waals surface area contributed by atoms with Gasteiger partial charge in [0.1, 0.15) is 11.9 Å². The van der Waals surface area contributed by atoms with Crippen molar-refractivity contribution < 1.29 is 9.90 Å². The Balaban J connectivity index is 1.48. The van der Waals surface area contributed by atoms with Gasteiger partial charge in [0.25, 0.3) is 0 Å². The van der Waals surface area contributed by atoms with E-state index in [4.69, 9.17) is 23.2 Å². The molecule has 0 radical (unpaired) electrons. The fourth-order valence-corrected chi connectivity index (χ4v) is 4.85. The van der Waals surface area contributed by atoms with Crippen molar-refractivity contribution in [2.75, 3.05) is 13.1 Å². The average molecular weight is 520 g/mol. The van der Waals surface area contributed by atoms with Crippen LogP contribution in [0.15, 0.2) is 47.5 Å². The first-order chi connectivity index (χ1) is 17.0. The van der Waals surface area contributed by atoms with Gasteiger partial charge < -0.3 is 10.0 Å². The first-order valence-electron chi connectivity index (χ1n) is 11.6. The highest BCUT2D eigenvalue weighted by atomic mass is 35.5. The molecule has 10 nitrogen and oxygen atoms in total. The van der Waals surface area contributed by atoms with Crippen LogP contribution in [0.2, 0.25) is 10.0 Å². The summed E-state index contributed by atoms with van der Waals surface area (Å²) in [4.78, 5) is 32.2. The van der Waals surface area contributed by atoms with Gasteiger partial charge in [-0.2, -0.15) is 4.68 Å². The Bertz CT molecular complexity index is 1180. The third-order valence-corrected chi connectivity index (χ3v) is 6.70. The molecule has 186 valence electrons. The number of benzene rings is 1. The number of amides is 1. The number of hydrogen-bond donors (Lipinski definition) is 2. The molecule has 1 aliphatic rings. The van der Waals surface area contributed by atoms with Gasteiger partial charge >= 0.3 is 11.7 Å². The Kier molecular flexibility index (Phi) is 8.50. The minimum absolute atomic E-state index is 0.000415. The van der Waals surface area contributed by atoms with Crippen LogP contribution in [0.1, 0.15) is 50.3 Å². The number of carbonyl (C=O) groups is 1. The highest BCUT2D eigenvalue weighted by Gasteiger charge is 2.29. The molecule has 1 amide bonds. The minimum atomic E-state index is -0.856. The molecule has 2 heterocycles. The van der Waals surface area contributed by atoms with Crippen LogP contribution in [-0.4, -0.2) is 59.9 Å². The predicted octanol–water partition coefficient (Wildman–Crippen LogP) is 3.40. The Morgan fingerprint density at radius 1 is 1.14 bits per heavy atom. The molecule has 4 rings (SSSR count). The van der Waals surface area contributed by atoms with Gasteiger partial charge in [-0.15, -0.1) is 4.68 Å². The SMILES string of the molecule is O=C(N(CCCNC(O)c1cccnc1)C1CCCCC1)n1nnn(-c2c(Cl)cccc2Cl)c1=O. The Hall–Kier alpha value is -2.79. The van der Waals surface area contributed by atoms with Crippen molar-refractivity contribution in [3.05, 3.63) is 68.8 Å². The summed E-state index contributed by atoms with van der Waals surface area (Å²) < 4.78 is 1.69. The van der Waals surface area contributed by atoms with Crippen molar-refractivity contribution >= 4 is 29.2 Å². The molecule has 1 atom stereocenters. The van der Waals surface area contributed by atoms with Crippen molar-refractivity contribution in [3.63, 3.8) is 0 Å². The quantitative estimate of drug-likeness (QED) is 0.266. The maximum Gasteiger partial charge on any atom is 0.377 e. The van der Waals surface area contributed by atoms with E-state index in [0.29, 0.717) is 25.1 Å². The molecule has 1 fully saturated rings. The molecule has 2 aromatic heterocycles. The highest BCUT2D eigenvalue weighted by Crippen LogP contribution is 2.27. The monoisotopic (exact) mass is 519 g/mol. The second-order valence-corrected chi connectivity index (χ2v) is 9.23. The second-order valence-electron chi connectivity index (χ2n) is 8.42. The summed E-state index contributed by atoms with van der Waals surface area (Å²) in [5.74, 6) is 0. The highest BCUT2D eigenvalue weighted by molar-refractivity contribution is 6.37. The molecular weight excluding hydrogens is 493 g/mol. The summed E-state index contributed by atoms with van der Waals surface area (Å²) >= 11 is 12.4. The Morgan fingerprint density at radius 2 is 1.89 bits per heavy atom. The predicted molar refractivity (Wildman–Crippen MR) is 132 cm³/mol. The van der Waals surface area contributed by atoms with Crippen LogP contribution in [0.25, 0.3) is 5.69 Å². The molecule has 0 spiro atoms. The summed E-state index contributed by atoms with van der Waals surface area (Å²) in [5.41, 5.74) is 0.0998. The lowest BCUT2D eigenvalue weighted by atomic mass is 9.94. The number of tetrazole rings is 1. The van der Waals surface area contributed by atoms with Gasteiger partial charge in [-0.05, 0) is 54.4 Å². The first-order valence-corrected chi connectivity index (χ1v) is 12.3. The van der Waals surface area contributed by atoms with Crippen LogP contribution in [0.4, 0.5) is 4.79 Å². The number of aliphatic hydroxyl groups is 1. The lowest BCUT2D eigenvalue weighted by molar-refractivity contribution is 0.131. The maximum atomic E-state index is 13.5. The van der Waals surface area contributed by atoms with E-state index in [0.717, 1.165) is 41.5 Å². The van der Waals surface area contributed by atoms with E-state index >= 15 is 0 Å². The number of nitrogens with zero attached hydrogens (tertiary/aromatic N) is 6. The van der Waals surface area contributed by atoms with E-state index in [9.17, 15) is 14.7 Å². The van der Waals surface area contributed by atoms with Gasteiger partial charge in [-0.1, -0.05) is 54.6 Å². The van der Waals surface area contributed by atoms with Crippen molar-refractivity contribution in [3.8, 4) is 5.69 Å². The fourth-order valence-electron chi connectivity index (χ4n) is 4.29. The number of rotatable bonds is 8. The van der Waals surface area contributed by atoms with Crippen LogP contribution in [0.5, 0.6) is 0 Å². The fraction of sp³-hybridized carbons (Fsp3) is 0.435. The average Bonchev–Trinajstić information content (AvgIpc) is 3.25. The zero-order valence-electron chi connectivity index (χ0n) is 19.1. The molecule has 0 saturated heterocycles. The molecule has 35 heavy (non-hydrogen) atoms. The minimum Gasteiger partial charge on any atom is -0.374 e. The van der Waals surface area contributed by atoms with E-state index < -0.39 is 17.9 Å². The number of aliphatic hydroxyl groups excluding tert-OH is 1. The van der Waals surface area contributed by atoms with Crippen molar-refractivity contribution in [2.45, 2.75) is 50.8 Å². The van der Waals surface area contributed by atoms with Gasteiger partial charge in [0.2, 0.25) is 0 Å². The number of para-hydroxylation sites is 1. The van der Waals surface area contributed by atoms with Crippen LogP contribution in [0, 0.1) is 0 Å². The van der Waals surface area contributed by atoms with Gasteiger partial charge in [-0.3, -0.25) is 10.3 Å². The number of hydrogen-bond acceptors (Lipinski definition) is 7. The van der Waals surface area contributed by atoms with Crippen molar-refractivity contribution in [2.24, 2.45) is 0 Å². The summed E-state index contributed by atoms with van der Waals surface area (Å²) in [7, 11) is 0. The second kappa shape index (κ2) is 11.8. The van der Waals surface area contributed by atoms with Gasteiger partial charge in [-0.25, -0.2) is 9.59 Å². The van der Waals surface area contributed by atoms with Gasteiger partial charge in [0, 0.05) is 30.5 Å². The van der Waals surface area contributed by atoms with Crippen LogP contribution < -0.4 is 11.0 Å². The summed E-state index contributed by atoms with van der Waals surface area (Å²) in [6.07, 6.45) is 7.82. The van der Waals surface area contributed by atoms with E-state index in [1.54, 1.807) is 47.6 Å². The molecule has 0 aliphatic heterocycles. The molecule has 0 bridgehead atoms. The van der Waals surface area contributed by atoms with Crippen LogP contribution in [-0.2, 0) is 0 Å². The van der Waals surface area contributed by atoms with E-state index in [2.05, 4.69) is 20.7 Å². The molecule has 1 saturated carbocycles.